The number of hydrogen-bond donors (Lipinski definition) is 5. The lowest BCUT2D eigenvalue weighted by molar-refractivity contribution is 0.0695. The minimum Gasteiger partial charge on any atom is -0.496 e. The van der Waals surface area contributed by atoms with Gasteiger partial charge in [0, 0.05) is 99.9 Å². The molecule has 2 aliphatic rings. The Morgan fingerprint density at radius 3 is 1.52 bits per heavy atom. The second kappa shape index (κ2) is 27.0. The Hall–Kier alpha value is -8.78. The number of methoxy groups -OCH3 is 2. The normalized spacial score (nSPS) is 13.5. The van der Waals surface area contributed by atoms with E-state index in [9.17, 15) is 25.2 Å². The number of aliphatic hydroxyl groups excluding tert-OH is 2. The fourth-order valence-electron chi connectivity index (χ4n) is 9.27. The molecular formula is C61H63N7O11. The number of ether oxygens (including phenoxy) is 4. The number of nitriles is 2. The third-order valence-electron chi connectivity index (χ3n) is 13.6. The number of carbonyl (C=O) groups excluding carboxylic acids is 1. The van der Waals surface area contributed by atoms with Crippen molar-refractivity contribution >= 4 is 45.5 Å². The Morgan fingerprint density at radius 2 is 1.11 bits per heavy atom. The number of nitrogens with zero attached hydrogens (tertiary/aromatic N) is 5. The summed E-state index contributed by atoms with van der Waals surface area (Å²) in [5, 5.41) is 53.1. The Bertz CT molecular complexity index is 3490. The van der Waals surface area contributed by atoms with Crippen LogP contribution in [0.3, 0.4) is 0 Å². The number of hydrogen-bond acceptors (Lipinski definition) is 16. The molecule has 2 aliphatic heterocycles. The van der Waals surface area contributed by atoms with Crippen LogP contribution in [0, 0.1) is 22.7 Å². The highest BCUT2D eigenvalue weighted by Gasteiger charge is 2.22. The number of benzene rings is 4. The highest BCUT2D eigenvalue weighted by Crippen LogP contribution is 2.40. The lowest BCUT2D eigenvalue weighted by Gasteiger charge is -2.24. The molecule has 6 heterocycles. The molecule has 79 heavy (non-hydrogen) atoms. The topological polar surface area (TPSA) is 259 Å². The average Bonchev–Trinajstić information content (AvgIpc) is 4.27. The highest BCUT2D eigenvalue weighted by molar-refractivity contribution is 5.97. The molecule has 0 spiro atoms. The van der Waals surface area contributed by atoms with Crippen molar-refractivity contribution in [2.45, 2.75) is 57.5 Å². The molecule has 0 unspecified atom stereocenters. The van der Waals surface area contributed by atoms with E-state index in [2.05, 4.69) is 39.7 Å². The van der Waals surface area contributed by atoms with Gasteiger partial charge in [-0.25, -0.2) is 4.79 Å². The first kappa shape index (κ1) is 56.4. The van der Waals surface area contributed by atoms with Crippen molar-refractivity contribution in [3.05, 3.63) is 132 Å². The largest absolute Gasteiger partial charge is 0.496 e. The van der Waals surface area contributed by atoms with Gasteiger partial charge >= 0.3 is 5.97 Å². The number of aromatic carboxylic acids is 1. The first-order valence-corrected chi connectivity index (χ1v) is 26.1. The molecule has 2 saturated heterocycles. The zero-order valence-corrected chi connectivity index (χ0v) is 44.6. The number of furan rings is 2. The first-order valence-electron chi connectivity index (χ1n) is 26.1. The number of carboxylic acids is 1. The van der Waals surface area contributed by atoms with Gasteiger partial charge in [-0.1, -0.05) is 25.5 Å². The number of nitrogens with one attached hydrogen (secondary N) is 2. The van der Waals surface area contributed by atoms with E-state index in [1.807, 2.05) is 54.6 Å². The van der Waals surface area contributed by atoms with Gasteiger partial charge in [-0.2, -0.15) is 10.5 Å². The van der Waals surface area contributed by atoms with Gasteiger partial charge in [0.15, 0.2) is 11.2 Å². The van der Waals surface area contributed by atoms with Crippen molar-refractivity contribution < 1.29 is 52.7 Å². The first-order chi connectivity index (χ1) is 38.5. The van der Waals surface area contributed by atoms with Crippen LogP contribution in [-0.4, -0.2) is 122 Å². The maximum absolute atomic E-state index is 12.7. The molecular weight excluding hydrogens is 1010 g/mol. The number of unbranched alkanes of at least 4 members (excludes halogenated alkanes) is 1. The van der Waals surface area contributed by atoms with Crippen molar-refractivity contribution in [3.8, 4) is 68.5 Å². The van der Waals surface area contributed by atoms with Gasteiger partial charge in [0.2, 0.25) is 0 Å². The van der Waals surface area contributed by atoms with Crippen LogP contribution in [0.5, 0.6) is 11.5 Å². The van der Waals surface area contributed by atoms with E-state index in [1.165, 1.54) is 31.3 Å². The van der Waals surface area contributed by atoms with Crippen LogP contribution < -0.4 is 20.1 Å². The van der Waals surface area contributed by atoms with Crippen molar-refractivity contribution in [2.75, 3.05) is 78.1 Å². The quantitative estimate of drug-likeness (QED) is 0.0602. The molecule has 0 bridgehead atoms. The lowest BCUT2D eigenvalue weighted by Crippen LogP contribution is -2.29. The number of carbonyl (C=O) groups is 2. The van der Waals surface area contributed by atoms with Gasteiger partial charge in [-0.3, -0.25) is 14.8 Å². The average molecular weight is 1070 g/mol. The Kier molecular flexibility index (Phi) is 19.3. The van der Waals surface area contributed by atoms with E-state index in [0.717, 1.165) is 98.6 Å². The molecule has 408 valence electrons. The molecule has 4 aromatic carbocycles. The van der Waals surface area contributed by atoms with Crippen LogP contribution >= 0.6 is 0 Å². The number of amides is 1. The van der Waals surface area contributed by atoms with Gasteiger partial charge in [-0.05, 0) is 116 Å². The zero-order chi connectivity index (χ0) is 55.8. The van der Waals surface area contributed by atoms with Crippen molar-refractivity contribution in [1.82, 2.24) is 14.9 Å². The van der Waals surface area contributed by atoms with Crippen LogP contribution in [-0.2, 0) is 9.47 Å². The molecule has 0 atom stereocenters. The minimum atomic E-state index is -1.04. The van der Waals surface area contributed by atoms with Crippen molar-refractivity contribution in [3.63, 3.8) is 0 Å². The van der Waals surface area contributed by atoms with Crippen LogP contribution in [0.25, 0.3) is 67.1 Å². The monoisotopic (exact) mass is 1070 g/mol. The number of aliphatic hydroxyl groups is 2. The number of rotatable bonds is 16. The number of fused-ring (bicyclic) bond motifs is 2. The van der Waals surface area contributed by atoms with Gasteiger partial charge in [0.1, 0.15) is 46.2 Å². The lowest BCUT2D eigenvalue weighted by atomic mass is 10.0. The number of pyridine rings is 2. The fourth-order valence-corrected chi connectivity index (χ4v) is 9.27. The molecule has 10 rings (SSSR count). The maximum atomic E-state index is 12.7. The molecule has 8 aromatic rings. The van der Waals surface area contributed by atoms with E-state index < -0.39 is 5.97 Å². The van der Waals surface area contributed by atoms with Gasteiger partial charge < -0.3 is 58.6 Å². The summed E-state index contributed by atoms with van der Waals surface area (Å²) in [6.07, 6.45) is 9.08. The molecule has 1 amide bonds. The zero-order valence-electron chi connectivity index (χ0n) is 44.6. The SMILES string of the molecule is CCCCO.COc1cc(C(=O)N(C)CCO)ccc1-c1cc2nccc(-c3ccc(NC4CCOCC4)c(C#N)c3)c2o1.COc1cc(C(=O)O)ccc1-c1cc2nccc(-c3ccc(NC4CCOCC4)c(C#N)c3)c2o1. The number of aromatic nitrogens is 2. The molecule has 0 saturated carbocycles. The van der Waals surface area contributed by atoms with E-state index in [-0.39, 0.29) is 36.7 Å². The predicted octanol–water partition coefficient (Wildman–Crippen LogP) is 10.8. The minimum absolute atomic E-state index is 0.114. The third-order valence-corrected chi connectivity index (χ3v) is 13.6. The standard InChI is InChI=1S/C30H30N4O5.C27H23N3O5.C4H10O/c1-34(11-12-35)30(36)20-3-5-24(27(16-20)37-2)28-17-26-29(39-28)23(7-10-32-26)19-4-6-25(21(15-19)18-31)33-22-8-13-38-14-9-22;1-33-24-13-17(27(31)32)2-4-21(24)25-14-23-26(35-25)20(6-9-29-23)16-3-5-22(18(12-16)15-28)30-19-7-10-34-11-8-19;1-2-3-4-5/h3-7,10,15-17,22,33,35H,8-9,11-14H2,1-2H3;2-6,9,12-14,19,30H,7-8,10-11H2,1H3,(H,31,32);5H,2-4H2,1H3. The Balaban J connectivity index is 0.000000193. The molecule has 0 radical (unpaired) electrons. The smallest absolute Gasteiger partial charge is 0.335 e. The Morgan fingerprint density at radius 1 is 0.646 bits per heavy atom. The van der Waals surface area contributed by atoms with Crippen molar-refractivity contribution in [1.29, 1.82) is 10.5 Å². The highest BCUT2D eigenvalue weighted by atomic mass is 16.5. The van der Waals surface area contributed by atoms with Crippen LogP contribution in [0.15, 0.2) is 118 Å². The van der Waals surface area contributed by atoms with Crippen LogP contribution in [0.4, 0.5) is 11.4 Å². The van der Waals surface area contributed by atoms with E-state index >= 15 is 0 Å². The second-order valence-corrected chi connectivity index (χ2v) is 18.8. The van der Waals surface area contributed by atoms with Crippen LogP contribution in [0.2, 0.25) is 0 Å². The van der Waals surface area contributed by atoms with E-state index in [0.29, 0.717) is 79.6 Å². The molecule has 18 heteroatoms. The summed E-state index contributed by atoms with van der Waals surface area (Å²) in [6.45, 7) is 5.40. The predicted molar refractivity (Wildman–Crippen MR) is 300 cm³/mol. The summed E-state index contributed by atoms with van der Waals surface area (Å²) >= 11 is 0. The summed E-state index contributed by atoms with van der Waals surface area (Å²) in [5.41, 5.74) is 10.4. The van der Waals surface area contributed by atoms with Gasteiger partial charge in [0.25, 0.3) is 5.91 Å². The molecule has 18 nitrogen and oxygen atoms in total. The molecule has 4 aromatic heterocycles. The molecule has 2 fully saturated rings. The molecule has 0 aliphatic carbocycles. The second-order valence-electron chi connectivity index (χ2n) is 18.8. The number of likely N-dealkylation sites (N-methyl/N-ethyl adjacent to an activating group) is 1. The van der Waals surface area contributed by atoms with Gasteiger partial charge in [-0.15, -0.1) is 0 Å². The van der Waals surface area contributed by atoms with Crippen LogP contribution in [0.1, 0.15) is 77.3 Å². The Labute approximate surface area is 457 Å². The summed E-state index contributed by atoms with van der Waals surface area (Å²) in [5.74, 6) is 0.668. The summed E-state index contributed by atoms with van der Waals surface area (Å²) in [7, 11) is 4.66. The number of carboxylic acid groups (broad SMARTS) is 1. The van der Waals surface area contributed by atoms with E-state index in [1.54, 1.807) is 49.8 Å². The van der Waals surface area contributed by atoms with Gasteiger partial charge in [0.05, 0.1) is 60.0 Å². The fraction of sp³-hybridized carbons (Fsp3) is 0.311. The summed E-state index contributed by atoms with van der Waals surface area (Å²) in [6, 6.07) is 33.8. The number of anilines is 2. The van der Waals surface area contributed by atoms with Crippen molar-refractivity contribution in [2.24, 2.45) is 0 Å². The maximum Gasteiger partial charge on any atom is 0.335 e. The van der Waals surface area contributed by atoms with E-state index in [4.69, 9.17) is 38.0 Å². The molecule has 5 N–H and O–H groups in total. The summed E-state index contributed by atoms with van der Waals surface area (Å²) in [4.78, 5) is 34.4. The third kappa shape index (κ3) is 13.5. The summed E-state index contributed by atoms with van der Waals surface area (Å²) < 4.78 is 34.4.